The normalized spacial score (nSPS) is 15.3. The Labute approximate surface area is 161 Å². The Hall–Kier alpha value is -2.85. The molecule has 0 spiro atoms. The Morgan fingerprint density at radius 1 is 1.29 bits per heavy atom. The topological polar surface area (TPSA) is 77.5 Å². The number of benzene rings is 1. The van der Waals surface area contributed by atoms with Crippen LogP contribution in [0.5, 0.6) is 5.75 Å². The van der Waals surface area contributed by atoms with E-state index in [0.29, 0.717) is 11.6 Å². The van der Waals surface area contributed by atoms with Gasteiger partial charge in [0.2, 0.25) is 0 Å². The second-order valence-corrected chi connectivity index (χ2v) is 7.72. The third kappa shape index (κ3) is 2.68. The second kappa shape index (κ2) is 6.35. The van der Waals surface area contributed by atoms with Gasteiger partial charge in [-0.2, -0.15) is 0 Å². The molecule has 1 fully saturated rings. The van der Waals surface area contributed by atoms with Crippen LogP contribution < -0.4 is 4.74 Å². The summed E-state index contributed by atoms with van der Waals surface area (Å²) in [5, 5.41) is 18.8. The van der Waals surface area contributed by atoms with Crippen LogP contribution >= 0.6 is 11.3 Å². The fraction of sp³-hybridized carbons (Fsp3) is 0.278. The number of hydrogen-bond donors (Lipinski definition) is 1. The monoisotopic (exact) mass is 403 g/mol. The zero-order valence-electron chi connectivity index (χ0n) is 14.7. The van der Waals surface area contributed by atoms with E-state index < -0.39 is 17.7 Å². The van der Waals surface area contributed by atoms with Crippen LogP contribution in [-0.4, -0.2) is 36.6 Å². The molecule has 3 aromatic heterocycles. The number of thiazole rings is 1. The third-order valence-electron chi connectivity index (χ3n) is 4.80. The molecule has 1 saturated carbocycles. The zero-order valence-corrected chi connectivity index (χ0v) is 15.5. The van der Waals surface area contributed by atoms with E-state index >= 15 is 0 Å². The van der Waals surface area contributed by atoms with Gasteiger partial charge >= 0.3 is 0 Å². The third-order valence-corrected chi connectivity index (χ3v) is 6.07. The summed E-state index contributed by atoms with van der Waals surface area (Å²) in [4.78, 5) is 6.16. The van der Waals surface area contributed by atoms with Gasteiger partial charge in [-0.1, -0.05) is 5.21 Å². The fourth-order valence-electron chi connectivity index (χ4n) is 3.24. The molecule has 0 bridgehead atoms. The molecule has 0 saturated heterocycles. The minimum atomic E-state index is -1.06. The Balaban J connectivity index is 1.54. The van der Waals surface area contributed by atoms with Crippen molar-refractivity contribution in [2.75, 3.05) is 7.11 Å². The molecular weight excluding hydrogens is 388 g/mol. The van der Waals surface area contributed by atoms with Crippen LogP contribution in [0.15, 0.2) is 30.9 Å². The first-order valence-electron chi connectivity index (χ1n) is 8.65. The average Bonchev–Trinajstić information content (AvgIpc) is 3.09. The molecule has 0 radical (unpaired) electrons. The Bertz CT molecular complexity index is 1180. The molecule has 1 unspecified atom stereocenters. The van der Waals surface area contributed by atoms with Crippen molar-refractivity contribution in [3.05, 3.63) is 58.8 Å². The Morgan fingerprint density at radius 2 is 2.11 bits per heavy atom. The summed E-state index contributed by atoms with van der Waals surface area (Å²) in [5.74, 6) is -1.20. The lowest BCUT2D eigenvalue weighted by Gasteiger charge is -2.09. The molecule has 5 rings (SSSR count). The minimum absolute atomic E-state index is 0.121. The SMILES string of the molecule is COc1cc(F)c(-n2cc(C(O)c3c(C4CC4)sc4cncn34)nn2)cc1F. The molecule has 144 valence electrons. The largest absolute Gasteiger partial charge is 0.494 e. The van der Waals surface area contributed by atoms with Gasteiger partial charge in [0.05, 0.1) is 25.2 Å². The lowest BCUT2D eigenvalue weighted by molar-refractivity contribution is 0.208. The first-order chi connectivity index (χ1) is 13.6. The van der Waals surface area contributed by atoms with Crippen molar-refractivity contribution in [2.45, 2.75) is 24.9 Å². The van der Waals surface area contributed by atoms with Gasteiger partial charge in [0.1, 0.15) is 28.6 Å². The number of halogens is 2. The maximum atomic E-state index is 14.3. The van der Waals surface area contributed by atoms with Gasteiger partial charge in [-0.05, 0) is 18.8 Å². The molecule has 3 heterocycles. The van der Waals surface area contributed by atoms with Gasteiger partial charge in [0.25, 0.3) is 0 Å². The summed E-state index contributed by atoms with van der Waals surface area (Å²) in [6, 6.07) is 1.93. The van der Waals surface area contributed by atoms with E-state index in [4.69, 9.17) is 4.74 Å². The zero-order chi connectivity index (χ0) is 19.4. The number of ether oxygens (including phenoxy) is 1. The van der Waals surface area contributed by atoms with E-state index in [1.165, 1.54) is 13.3 Å². The number of rotatable bonds is 5. The molecule has 1 aliphatic carbocycles. The van der Waals surface area contributed by atoms with Crippen LogP contribution in [0.25, 0.3) is 10.5 Å². The van der Waals surface area contributed by atoms with Crippen molar-refractivity contribution in [3.63, 3.8) is 0 Å². The smallest absolute Gasteiger partial charge is 0.167 e. The van der Waals surface area contributed by atoms with Gasteiger partial charge in [0.15, 0.2) is 17.4 Å². The van der Waals surface area contributed by atoms with Crippen molar-refractivity contribution in [2.24, 2.45) is 0 Å². The van der Waals surface area contributed by atoms with E-state index in [1.54, 1.807) is 23.9 Å². The molecule has 1 aromatic carbocycles. The summed E-state index contributed by atoms with van der Waals surface area (Å²) < 4.78 is 36.0. The number of imidazole rings is 1. The Morgan fingerprint density at radius 3 is 2.86 bits per heavy atom. The van der Waals surface area contributed by atoms with E-state index in [0.717, 1.165) is 39.4 Å². The highest BCUT2D eigenvalue weighted by atomic mass is 32.1. The molecule has 1 N–H and O–H groups in total. The van der Waals surface area contributed by atoms with E-state index in [9.17, 15) is 13.9 Å². The maximum Gasteiger partial charge on any atom is 0.167 e. The average molecular weight is 403 g/mol. The van der Waals surface area contributed by atoms with Gasteiger partial charge in [-0.3, -0.25) is 4.40 Å². The fourth-order valence-corrected chi connectivity index (χ4v) is 4.54. The summed E-state index contributed by atoms with van der Waals surface area (Å²) in [7, 11) is 1.26. The molecule has 7 nitrogen and oxygen atoms in total. The van der Waals surface area contributed by atoms with Crippen LogP contribution in [0, 0.1) is 11.6 Å². The highest BCUT2D eigenvalue weighted by molar-refractivity contribution is 7.17. The number of aromatic nitrogens is 5. The number of fused-ring (bicyclic) bond motifs is 1. The summed E-state index contributed by atoms with van der Waals surface area (Å²) in [6.07, 6.45) is 5.91. The number of aliphatic hydroxyl groups is 1. The molecule has 4 aromatic rings. The van der Waals surface area contributed by atoms with Crippen molar-refractivity contribution >= 4 is 16.2 Å². The number of methoxy groups -OCH3 is 1. The van der Waals surface area contributed by atoms with E-state index in [1.807, 2.05) is 4.40 Å². The molecular formula is C18H15F2N5O2S. The van der Waals surface area contributed by atoms with Crippen molar-refractivity contribution in [1.82, 2.24) is 24.4 Å². The van der Waals surface area contributed by atoms with Gasteiger partial charge in [0, 0.05) is 17.0 Å². The lowest BCUT2D eigenvalue weighted by atomic mass is 10.1. The number of hydrogen-bond acceptors (Lipinski definition) is 6. The number of aliphatic hydroxyl groups excluding tert-OH is 1. The second-order valence-electron chi connectivity index (χ2n) is 6.66. The lowest BCUT2D eigenvalue weighted by Crippen LogP contribution is -2.06. The summed E-state index contributed by atoms with van der Waals surface area (Å²) in [5.41, 5.74) is 0.823. The van der Waals surface area contributed by atoms with Gasteiger partial charge in [-0.15, -0.1) is 16.4 Å². The van der Waals surface area contributed by atoms with Crippen LogP contribution in [0.4, 0.5) is 8.78 Å². The standard InChI is InChI=1S/C18H15F2N5O2S/c1-27-14-5-10(19)13(4-11(14)20)25-7-12(22-23-25)17(26)16-18(9-2-3-9)28-15-6-21-8-24(15)16/h4-9,17,26H,2-3H2,1H3. The van der Waals surface area contributed by atoms with Gasteiger partial charge < -0.3 is 9.84 Å². The first-order valence-corrected chi connectivity index (χ1v) is 9.47. The quantitative estimate of drug-likeness (QED) is 0.554. The van der Waals surface area contributed by atoms with Crippen molar-refractivity contribution < 1.29 is 18.6 Å². The van der Waals surface area contributed by atoms with Crippen LogP contribution in [0.1, 0.15) is 41.1 Å². The molecule has 1 aliphatic rings. The number of nitrogens with zero attached hydrogens (tertiary/aromatic N) is 5. The van der Waals surface area contributed by atoms with Gasteiger partial charge in [-0.25, -0.2) is 18.4 Å². The van der Waals surface area contributed by atoms with Crippen LogP contribution in [0.2, 0.25) is 0 Å². The molecule has 10 heteroatoms. The predicted molar refractivity (Wildman–Crippen MR) is 96.9 cm³/mol. The molecule has 1 atom stereocenters. The van der Waals surface area contributed by atoms with E-state index in [-0.39, 0.29) is 17.1 Å². The highest BCUT2D eigenvalue weighted by Crippen LogP contribution is 2.47. The van der Waals surface area contributed by atoms with Crippen LogP contribution in [0.3, 0.4) is 0 Å². The minimum Gasteiger partial charge on any atom is -0.494 e. The maximum absolute atomic E-state index is 14.3. The summed E-state index contributed by atoms with van der Waals surface area (Å²) >= 11 is 1.60. The van der Waals surface area contributed by atoms with Crippen LogP contribution in [-0.2, 0) is 0 Å². The van der Waals surface area contributed by atoms with Crippen molar-refractivity contribution in [1.29, 1.82) is 0 Å². The van der Waals surface area contributed by atoms with Crippen molar-refractivity contribution in [3.8, 4) is 11.4 Å². The molecule has 0 aliphatic heterocycles. The molecule has 0 amide bonds. The summed E-state index contributed by atoms with van der Waals surface area (Å²) in [6.45, 7) is 0. The highest BCUT2D eigenvalue weighted by Gasteiger charge is 2.33. The molecule has 28 heavy (non-hydrogen) atoms. The predicted octanol–water partition coefficient (Wildman–Crippen LogP) is 3.22. The first kappa shape index (κ1) is 17.3. The Kier molecular flexibility index (Phi) is 3.91. The van der Waals surface area contributed by atoms with E-state index in [2.05, 4.69) is 15.3 Å².